The third-order valence-corrected chi connectivity index (χ3v) is 4.32. The normalized spacial score (nSPS) is 11.3. The molecule has 0 unspecified atom stereocenters. The lowest BCUT2D eigenvalue weighted by Crippen LogP contribution is -2.13. The molecule has 0 aromatic heterocycles. The molecule has 0 saturated carbocycles. The van der Waals surface area contributed by atoms with Gasteiger partial charge >= 0.3 is 0 Å². The molecule has 100 valence electrons. The maximum atomic E-state index is 13.3. The molecular weight excluding hydrogens is 340 g/mol. The van der Waals surface area contributed by atoms with E-state index in [1.807, 2.05) is 0 Å². The van der Waals surface area contributed by atoms with Gasteiger partial charge in [0.1, 0.15) is 11.6 Å². The van der Waals surface area contributed by atoms with E-state index < -0.39 is 21.7 Å². The summed E-state index contributed by atoms with van der Waals surface area (Å²) in [6, 6.07) is 8.27. The molecule has 0 spiro atoms. The molecule has 0 aliphatic heterocycles. The molecule has 7 heteroatoms. The third-order valence-electron chi connectivity index (χ3n) is 2.30. The first-order chi connectivity index (χ1) is 8.88. The van der Waals surface area contributed by atoms with E-state index in [1.165, 1.54) is 24.3 Å². The summed E-state index contributed by atoms with van der Waals surface area (Å²) in [5, 5.41) is 0. The van der Waals surface area contributed by atoms with Crippen LogP contribution in [0.2, 0.25) is 0 Å². The molecule has 0 bridgehead atoms. The van der Waals surface area contributed by atoms with Crippen LogP contribution in [0, 0.1) is 11.6 Å². The number of hydrogen-bond acceptors (Lipinski definition) is 2. The van der Waals surface area contributed by atoms with Crippen molar-refractivity contribution in [3.63, 3.8) is 0 Å². The number of benzene rings is 2. The van der Waals surface area contributed by atoms with Gasteiger partial charge in [-0.25, -0.2) is 17.2 Å². The molecule has 19 heavy (non-hydrogen) atoms. The van der Waals surface area contributed by atoms with Crippen molar-refractivity contribution in [2.75, 3.05) is 4.72 Å². The van der Waals surface area contributed by atoms with Crippen LogP contribution in [-0.4, -0.2) is 8.42 Å². The van der Waals surface area contributed by atoms with Crippen molar-refractivity contribution in [2.45, 2.75) is 4.90 Å². The van der Waals surface area contributed by atoms with E-state index in [0.717, 1.165) is 18.2 Å². The van der Waals surface area contributed by atoms with Crippen molar-refractivity contribution < 1.29 is 17.2 Å². The Morgan fingerprint density at radius 1 is 1.00 bits per heavy atom. The van der Waals surface area contributed by atoms with Crippen molar-refractivity contribution >= 4 is 31.6 Å². The third kappa shape index (κ3) is 3.30. The highest BCUT2D eigenvalue weighted by molar-refractivity contribution is 9.10. The molecule has 0 radical (unpaired) electrons. The average molecular weight is 348 g/mol. The zero-order chi connectivity index (χ0) is 14.0. The van der Waals surface area contributed by atoms with Gasteiger partial charge in [0, 0.05) is 5.69 Å². The largest absolute Gasteiger partial charge is 0.280 e. The molecule has 0 aliphatic carbocycles. The fourth-order valence-corrected chi connectivity index (χ4v) is 2.69. The summed E-state index contributed by atoms with van der Waals surface area (Å²) in [5.74, 6) is -1.15. The van der Waals surface area contributed by atoms with E-state index in [-0.39, 0.29) is 15.1 Å². The molecule has 2 aromatic carbocycles. The van der Waals surface area contributed by atoms with Crippen molar-refractivity contribution in [3.05, 3.63) is 58.6 Å². The molecular formula is C12H8BrF2NO2S. The number of rotatable bonds is 3. The summed E-state index contributed by atoms with van der Waals surface area (Å²) in [6.07, 6.45) is 0. The van der Waals surface area contributed by atoms with Gasteiger partial charge in [-0.15, -0.1) is 0 Å². The molecule has 3 nitrogen and oxygen atoms in total. The summed E-state index contributed by atoms with van der Waals surface area (Å²) in [4.78, 5) is -0.211. The maximum Gasteiger partial charge on any atom is 0.261 e. The molecule has 2 rings (SSSR count). The van der Waals surface area contributed by atoms with Gasteiger partial charge in [-0.1, -0.05) is 0 Å². The summed E-state index contributed by atoms with van der Waals surface area (Å²) >= 11 is 2.94. The Kier molecular flexibility index (Phi) is 3.86. The van der Waals surface area contributed by atoms with Crippen molar-refractivity contribution in [3.8, 4) is 0 Å². The lowest BCUT2D eigenvalue weighted by Gasteiger charge is -2.08. The van der Waals surface area contributed by atoms with Crippen LogP contribution in [-0.2, 0) is 10.0 Å². The summed E-state index contributed by atoms with van der Waals surface area (Å²) in [6.45, 7) is 0. The van der Waals surface area contributed by atoms with E-state index in [2.05, 4.69) is 20.7 Å². The van der Waals surface area contributed by atoms with Crippen LogP contribution in [0.25, 0.3) is 0 Å². The number of nitrogens with one attached hydrogen (secondary N) is 1. The van der Waals surface area contributed by atoms with Gasteiger partial charge in [-0.05, 0) is 58.4 Å². The second-order valence-electron chi connectivity index (χ2n) is 3.69. The SMILES string of the molecule is O=S(=O)(Nc1ccc(F)cc1)c1ccc(Br)c(F)c1. The second-order valence-corrected chi connectivity index (χ2v) is 6.23. The fourth-order valence-electron chi connectivity index (χ4n) is 1.38. The quantitative estimate of drug-likeness (QED) is 0.923. The number of halogens is 3. The second kappa shape index (κ2) is 5.26. The first-order valence-corrected chi connectivity index (χ1v) is 7.39. The van der Waals surface area contributed by atoms with E-state index in [9.17, 15) is 17.2 Å². The van der Waals surface area contributed by atoms with Crippen molar-refractivity contribution in [1.82, 2.24) is 0 Å². The van der Waals surface area contributed by atoms with E-state index in [4.69, 9.17) is 0 Å². The van der Waals surface area contributed by atoms with Crippen LogP contribution in [0.1, 0.15) is 0 Å². The van der Waals surface area contributed by atoms with Crippen LogP contribution in [0.15, 0.2) is 51.8 Å². The van der Waals surface area contributed by atoms with E-state index in [1.54, 1.807) is 0 Å². The maximum absolute atomic E-state index is 13.3. The molecule has 0 fully saturated rings. The van der Waals surface area contributed by atoms with Crippen molar-refractivity contribution in [2.24, 2.45) is 0 Å². The Morgan fingerprint density at radius 2 is 1.63 bits per heavy atom. The topological polar surface area (TPSA) is 46.2 Å². The molecule has 0 saturated heterocycles. The molecule has 1 N–H and O–H groups in total. The summed E-state index contributed by atoms with van der Waals surface area (Å²) in [5.41, 5.74) is 0.199. The lowest BCUT2D eigenvalue weighted by atomic mass is 10.3. The Morgan fingerprint density at radius 3 is 2.21 bits per heavy atom. The minimum atomic E-state index is -3.90. The highest BCUT2D eigenvalue weighted by Gasteiger charge is 2.16. The summed E-state index contributed by atoms with van der Waals surface area (Å²) in [7, 11) is -3.90. The van der Waals surface area contributed by atoms with Crippen LogP contribution in [0.5, 0.6) is 0 Å². The Bertz CT molecular complexity index is 702. The number of sulfonamides is 1. The van der Waals surface area contributed by atoms with Crippen LogP contribution in [0.4, 0.5) is 14.5 Å². The standard InChI is InChI=1S/C12H8BrF2NO2S/c13-11-6-5-10(7-12(11)15)19(17,18)16-9-3-1-8(14)2-4-9/h1-7,16H. The highest BCUT2D eigenvalue weighted by Crippen LogP contribution is 2.21. The lowest BCUT2D eigenvalue weighted by molar-refractivity contribution is 0.593. The zero-order valence-corrected chi connectivity index (χ0v) is 11.8. The van der Waals surface area contributed by atoms with Gasteiger partial charge in [0.2, 0.25) is 0 Å². The minimum Gasteiger partial charge on any atom is -0.280 e. The number of anilines is 1. The van der Waals surface area contributed by atoms with Gasteiger partial charge in [0.05, 0.1) is 9.37 Å². The van der Waals surface area contributed by atoms with Crippen molar-refractivity contribution in [1.29, 1.82) is 0 Å². The summed E-state index contributed by atoms with van der Waals surface area (Å²) < 4.78 is 52.4. The average Bonchev–Trinajstić information content (AvgIpc) is 2.35. The fraction of sp³-hybridized carbons (Fsp3) is 0. The van der Waals surface area contributed by atoms with Crippen LogP contribution in [0.3, 0.4) is 0 Å². The zero-order valence-electron chi connectivity index (χ0n) is 9.40. The highest BCUT2D eigenvalue weighted by atomic mass is 79.9. The first kappa shape index (κ1) is 14.0. The predicted octanol–water partition coefficient (Wildman–Crippen LogP) is 3.53. The van der Waals surface area contributed by atoms with Gasteiger partial charge in [0.25, 0.3) is 10.0 Å². The van der Waals surface area contributed by atoms with Gasteiger partial charge < -0.3 is 0 Å². The van der Waals surface area contributed by atoms with Gasteiger partial charge in [-0.3, -0.25) is 4.72 Å². The Hall–Kier alpha value is -1.47. The minimum absolute atomic E-state index is 0.174. The van der Waals surface area contributed by atoms with E-state index in [0.29, 0.717) is 0 Å². The van der Waals surface area contributed by atoms with Crippen LogP contribution >= 0.6 is 15.9 Å². The van der Waals surface area contributed by atoms with E-state index >= 15 is 0 Å². The smallest absolute Gasteiger partial charge is 0.261 e. The molecule has 0 atom stereocenters. The molecule has 0 amide bonds. The number of hydrogen-bond donors (Lipinski definition) is 1. The first-order valence-electron chi connectivity index (χ1n) is 5.12. The molecule has 2 aromatic rings. The predicted molar refractivity (Wildman–Crippen MR) is 71.3 cm³/mol. The van der Waals surface area contributed by atoms with Gasteiger partial charge in [-0.2, -0.15) is 0 Å². The molecule has 0 heterocycles. The Balaban J connectivity index is 2.32. The van der Waals surface area contributed by atoms with Gasteiger partial charge in [0.15, 0.2) is 0 Å². The Labute approximate surface area is 117 Å². The monoisotopic (exact) mass is 347 g/mol. The molecule has 0 aliphatic rings. The van der Waals surface area contributed by atoms with Crippen LogP contribution < -0.4 is 4.72 Å².